The fraction of sp³-hybridized carbons (Fsp3) is 0.348. The van der Waals surface area contributed by atoms with Crippen molar-refractivity contribution in [2.45, 2.75) is 83.1 Å². The summed E-state index contributed by atoms with van der Waals surface area (Å²) in [6.07, 6.45) is 7.82. The van der Waals surface area contributed by atoms with E-state index in [1.54, 1.807) is 24.3 Å². The number of Topliss-reactive ketones (excluding diaryl/α,β-unsaturated/α-hetero) is 2. The number of nitrogens with zero attached hydrogens (tertiary/aromatic N) is 4. The van der Waals surface area contributed by atoms with Crippen molar-refractivity contribution >= 4 is 68.9 Å². The molecule has 286 valence electrons. The average Bonchev–Trinajstić information content (AvgIpc) is 3.55. The number of carbonyl (C=O) groups is 2. The molecule has 3 aromatic rings. The number of rotatable bonds is 6. The SMILES string of the molecule is CC(C)(C)C1=CC(=C(N=Nc2ccc(Cl)cc2)c2ccc(C(N=Nc3ccc(Cl)cc3)=C3C=C(C(C)(C)C)C(=O)C(C(C)(C)C)=C3)s2)C=C(C(C)(C)C)C1=O. The Morgan fingerprint density at radius 2 is 0.727 bits per heavy atom. The van der Waals surface area contributed by atoms with E-state index in [2.05, 4.69) is 93.3 Å². The second kappa shape index (κ2) is 15.7. The quantitative estimate of drug-likeness (QED) is 0.233. The Morgan fingerprint density at radius 1 is 0.455 bits per heavy atom. The Bertz CT molecular complexity index is 2030. The van der Waals surface area contributed by atoms with Crippen molar-refractivity contribution in [3.63, 3.8) is 0 Å². The van der Waals surface area contributed by atoms with E-state index < -0.39 is 21.7 Å². The number of hydrogen-bond donors (Lipinski definition) is 0. The Kier molecular flexibility index (Phi) is 11.9. The number of allylic oxidation sites excluding steroid dienone is 10. The summed E-state index contributed by atoms with van der Waals surface area (Å²) >= 11 is 13.9. The van der Waals surface area contributed by atoms with E-state index >= 15 is 0 Å². The summed E-state index contributed by atoms with van der Waals surface area (Å²) in [5.41, 5.74) is 5.20. The highest BCUT2D eigenvalue weighted by Crippen LogP contribution is 2.45. The molecule has 9 heteroatoms. The molecule has 0 saturated carbocycles. The average molecular weight is 794 g/mol. The number of ketones is 2. The predicted molar refractivity (Wildman–Crippen MR) is 230 cm³/mol. The molecule has 0 unspecified atom stereocenters. The lowest BCUT2D eigenvalue weighted by Crippen LogP contribution is -2.28. The van der Waals surface area contributed by atoms with Crippen LogP contribution in [0.2, 0.25) is 10.0 Å². The molecule has 2 aliphatic carbocycles. The third-order valence-electron chi connectivity index (χ3n) is 9.21. The van der Waals surface area contributed by atoms with Gasteiger partial charge >= 0.3 is 0 Å². The highest BCUT2D eigenvalue weighted by atomic mass is 35.5. The summed E-state index contributed by atoms with van der Waals surface area (Å²) in [5.74, 6) is 0.0722. The lowest BCUT2D eigenvalue weighted by atomic mass is 9.71. The van der Waals surface area contributed by atoms with Gasteiger partial charge in [-0.25, -0.2) is 0 Å². The van der Waals surface area contributed by atoms with E-state index in [-0.39, 0.29) is 11.6 Å². The van der Waals surface area contributed by atoms with Gasteiger partial charge in [0.05, 0.1) is 21.1 Å². The van der Waals surface area contributed by atoms with Crippen LogP contribution in [0.1, 0.15) is 92.8 Å². The zero-order valence-electron chi connectivity index (χ0n) is 33.9. The van der Waals surface area contributed by atoms with E-state index in [0.717, 1.165) is 20.9 Å². The maximum Gasteiger partial charge on any atom is 0.186 e. The number of hydrogen-bond acceptors (Lipinski definition) is 7. The second-order valence-electron chi connectivity index (χ2n) is 18.0. The van der Waals surface area contributed by atoms with Crippen LogP contribution in [0.3, 0.4) is 0 Å². The zero-order chi connectivity index (χ0) is 40.7. The van der Waals surface area contributed by atoms with Gasteiger partial charge in [0.15, 0.2) is 11.6 Å². The summed E-state index contributed by atoms with van der Waals surface area (Å²) in [6, 6.07) is 18.4. The van der Waals surface area contributed by atoms with Crippen molar-refractivity contribution in [1.29, 1.82) is 0 Å². The molecule has 1 aromatic heterocycles. The zero-order valence-corrected chi connectivity index (χ0v) is 36.2. The lowest BCUT2D eigenvalue weighted by molar-refractivity contribution is -0.114. The molecule has 0 spiro atoms. The van der Waals surface area contributed by atoms with Gasteiger partial charge in [-0.05, 0) is 107 Å². The van der Waals surface area contributed by atoms with Crippen LogP contribution in [0.4, 0.5) is 11.4 Å². The molecule has 6 nitrogen and oxygen atoms in total. The third kappa shape index (κ3) is 9.93. The number of benzene rings is 2. The monoisotopic (exact) mass is 792 g/mol. The number of thiophene rings is 1. The molecule has 0 amide bonds. The lowest BCUT2D eigenvalue weighted by Gasteiger charge is -2.31. The normalized spacial score (nSPS) is 16.1. The Morgan fingerprint density at radius 3 is 0.982 bits per heavy atom. The predicted octanol–water partition coefficient (Wildman–Crippen LogP) is 15.1. The van der Waals surface area contributed by atoms with Crippen molar-refractivity contribution in [1.82, 2.24) is 0 Å². The van der Waals surface area contributed by atoms with Crippen molar-refractivity contribution in [2.24, 2.45) is 42.1 Å². The maximum absolute atomic E-state index is 13.9. The van der Waals surface area contributed by atoms with E-state index in [9.17, 15) is 9.59 Å². The van der Waals surface area contributed by atoms with Crippen LogP contribution in [-0.4, -0.2) is 11.6 Å². The largest absolute Gasteiger partial charge is 0.289 e. The summed E-state index contributed by atoms with van der Waals surface area (Å²) in [7, 11) is 0. The van der Waals surface area contributed by atoms with Gasteiger partial charge in [-0.1, -0.05) is 106 Å². The molecule has 1 heterocycles. The number of carbonyl (C=O) groups excluding carboxylic acids is 2. The molecule has 0 fully saturated rings. The van der Waals surface area contributed by atoms with Crippen LogP contribution in [0.5, 0.6) is 0 Å². The summed E-state index contributed by atoms with van der Waals surface area (Å²) in [4.78, 5) is 29.5. The first-order valence-electron chi connectivity index (χ1n) is 18.4. The van der Waals surface area contributed by atoms with Gasteiger partial charge in [-0.2, -0.15) is 10.2 Å². The van der Waals surface area contributed by atoms with Gasteiger partial charge in [0.2, 0.25) is 0 Å². The molecule has 2 aromatic carbocycles. The fourth-order valence-electron chi connectivity index (χ4n) is 6.08. The first kappa shape index (κ1) is 41.9. The van der Waals surface area contributed by atoms with Crippen molar-refractivity contribution < 1.29 is 9.59 Å². The topological polar surface area (TPSA) is 83.6 Å². The molecule has 5 rings (SSSR count). The molecule has 0 saturated heterocycles. The molecular weight excluding hydrogens is 744 g/mol. The highest BCUT2D eigenvalue weighted by molar-refractivity contribution is 7.14. The summed E-state index contributed by atoms with van der Waals surface area (Å²) in [5, 5.41) is 20.3. The van der Waals surface area contributed by atoms with Crippen molar-refractivity contribution in [3.8, 4) is 0 Å². The van der Waals surface area contributed by atoms with E-state index in [1.807, 2.05) is 60.7 Å². The van der Waals surface area contributed by atoms with Crippen LogP contribution in [-0.2, 0) is 9.59 Å². The van der Waals surface area contributed by atoms with Gasteiger partial charge in [-0.3, -0.25) is 9.59 Å². The van der Waals surface area contributed by atoms with Gasteiger partial charge in [0, 0.05) is 43.5 Å². The summed E-state index contributed by atoms with van der Waals surface area (Å²) < 4.78 is 0. The molecule has 55 heavy (non-hydrogen) atoms. The minimum absolute atomic E-state index is 0.0361. The molecule has 0 aliphatic heterocycles. The van der Waals surface area contributed by atoms with Gasteiger partial charge < -0.3 is 0 Å². The van der Waals surface area contributed by atoms with E-state index in [1.165, 1.54) is 11.3 Å². The van der Waals surface area contributed by atoms with E-state index in [4.69, 9.17) is 33.4 Å². The van der Waals surface area contributed by atoms with Crippen LogP contribution < -0.4 is 0 Å². The molecule has 2 aliphatic rings. The van der Waals surface area contributed by atoms with Gasteiger partial charge in [-0.15, -0.1) is 21.6 Å². The smallest absolute Gasteiger partial charge is 0.186 e. The van der Waals surface area contributed by atoms with Crippen molar-refractivity contribution in [3.05, 3.63) is 138 Å². The maximum atomic E-state index is 13.9. The minimum atomic E-state index is -0.418. The van der Waals surface area contributed by atoms with E-state index in [0.29, 0.717) is 55.1 Å². The van der Waals surface area contributed by atoms with Gasteiger partial charge in [0.25, 0.3) is 0 Å². The van der Waals surface area contributed by atoms with Crippen LogP contribution in [0.25, 0.3) is 11.4 Å². The second-order valence-corrected chi connectivity index (χ2v) is 20.0. The highest BCUT2D eigenvalue weighted by Gasteiger charge is 2.36. The number of halogens is 2. The van der Waals surface area contributed by atoms with Crippen molar-refractivity contribution in [2.75, 3.05) is 0 Å². The van der Waals surface area contributed by atoms with Crippen LogP contribution in [0.15, 0.2) is 139 Å². The Labute approximate surface area is 340 Å². The standard InChI is InChI=1S/C46H50Cl2N4O2S/c1-43(2,3)33-23-27(24-34(41(33)53)44(4,5)6)39(51-49-31-17-13-29(47)14-18-31)37-21-22-38(55-37)40(52-50-32-19-15-30(48)16-20-32)28-25-35(45(7,8)9)42(54)36(26-28)46(10,11)12/h13-26H,1-12H3. The molecular formula is C46H50Cl2N4O2S. The molecule has 0 radical (unpaired) electrons. The first-order valence-corrected chi connectivity index (χ1v) is 19.9. The fourth-order valence-corrected chi connectivity index (χ4v) is 7.35. The Balaban J connectivity index is 1.82. The van der Waals surface area contributed by atoms with Crippen LogP contribution >= 0.6 is 34.5 Å². The minimum Gasteiger partial charge on any atom is -0.289 e. The molecule has 0 bridgehead atoms. The number of azo groups is 2. The Hall–Kier alpha value is -4.30. The van der Waals surface area contributed by atoms with Crippen LogP contribution in [0, 0.1) is 21.7 Å². The third-order valence-corrected chi connectivity index (χ3v) is 10.8. The molecule has 0 atom stereocenters. The first-order chi connectivity index (χ1) is 25.4. The van der Waals surface area contributed by atoms with Gasteiger partial charge in [0.1, 0.15) is 11.4 Å². The summed E-state index contributed by atoms with van der Waals surface area (Å²) in [6.45, 7) is 24.6. The molecule has 0 N–H and O–H groups in total.